The summed E-state index contributed by atoms with van der Waals surface area (Å²) in [5.74, 6) is -0.0503. The second-order valence-electron chi connectivity index (χ2n) is 11.1. The number of ether oxygens (including phenoxy) is 2. The fourth-order valence-electron chi connectivity index (χ4n) is 6.05. The number of nitriles is 1. The standard InChI is InChI=1S/C31H27FN4O5/c32-23-12-18(15-33)4-5-20(23)17-40-27-3-1-2-24(34-27)19-6-9-31(10-7-19)14-22(31)28-35-29-25(13-26(41-29)30(37)38)36(28)16-21-8-11-39-21/h1-6,12-13,21-22H,7-11,14,16-17H2,(H,37,38). The number of halogens is 1. The lowest BCUT2D eigenvalue weighted by atomic mass is 9.83. The third-order valence-corrected chi connectivity index (χ3v) is 8.63. The van der Waals surface area contributed by atoms with Gasteiger partial charge in [0.1, 0.15) is 23.8 Å². The Bertz CT molecular complexity index is 1750. The molecule has 208 valence electrons. The van der Waals surface area contributed by atoms with Gasteiger partial charge in [-0.15, -0.1) is 0 Å². The van der Waals surface area contributed by atoms with Crippen molar-refractivity contribution in [2.75, 3.05) is 6.61 Å². The molecule has 0 amide bonds. The molecule has 1 aromatic carbocycles. The largest absolute Gasteiger partial charge is 0.475 e. The van der Waals surface area contributed by atoms with Crippen molar-refractivity contribution in [3.05, 3.63) is 82.8 Å². The maximum atomic E-state index is 14.2. The predicted molar refractivity (Wildman–Crippen MR) is 145 cm³/mol. The maximum absolute atomic E-state index is 14.2. The highest BCUT2D eigenvalue weighted by Crippen LogP contribution is 2.66. The van der Waals surface area contributed by atoms with Gasteiger partial charge in [-0.05, 0) is 61.3 Å². The summed E-state index contributed by atoms with van der Waals surface area (Å²) < 4.78 is 33.4. The monoisotopic (exact) mass is 554 g/mol. The van der Waals surface area contributed by atoms with Gasteiger partial charge in [-0.1, -0.05) is 18.2 Å². The number of aromatic nitrogens is 3. The Balaban J connectivity index is 1.06. The van der Waals surface area contributed by atoms with E-state index in [-0.39, 0.29) is 35.4 Å². The molecule has 3 aliphatic rings. The van der Waals surface area contributed by atoms with Crippen LogP contribution in [0.5, 0.6) is 5.88 Å². The molecule has 4 aromatic rings. The lowest BCUT2D eigenvalue weighted by Crippen LogP contribution is -2.31. The number of hydrogen-bond donors (Lipinski definition) is 1. The molecule has 3 atom stereocenters. The molecule has 1 aliphatic heterocycles. The summed E-state index contributed by atoms with van der Waals surface area (Å²) in [5.41, 5.74) is 3.82. The Morgan fingerprint density at radius 2 is 2.15 bits per heavy atom. The summed E-state index contributed by atoms with van der Waals surface area (Å²) in [4.78, 5) is 20.9. The average molecular weight is 555 g/mol. The minimum atomic E-state index is -1.10. The highest BCUT2D eigenvalue weighted by molar-refractivity contribution is 5.89. The molecular formula is C31H27FN4O5. The normalized spacial score (nSPS) is 23.2. The second-order valence-corrected chi connectivity index (χ2v) is 11.1. The molecule has 1 saturated carbocycles. The molecule has 9 nitrogen and oxygen atoms in total. The summed E-state index contributed by atoms with van der Waals surface area (Å²) in [7, 11) is 0. The molecule has 1 spiro atoms. The van der Waals surface area contributed by atoms with Crippen LogP contribution in [0.2, 0.25) is 0 Å². The molecule has 7 rings (SSSR count). The van der Waals surface area contributed by atoms with Crippen LogP contribution in [0.15, 0.2) is 53.0 Å². The van der Waals surface area contributed by atoms with Crippen LogP contribution >= 0.6 is 0 Å². The maximum Gasteiger partial charge on any atom is 0.371 e. The van der Waals surface area contributed by atoms with Crippen molar-refractivity contribution in [3.8, 4) is 11.9 Å². The van der Waals surface area contributed by atoms with Gasteiger partial charge in [0.2, 0.25) is 17.4 Å². The van der Waals surface area contributed by atoms with E-state index < -0.39 is 11.8 Å². The smallest absolute Gasteiger partial charge is 0.371 e. The van der Waals surface area contributed by atoms with Crippen molar-refractivity contribution in [3.63, 3.8) is 0 Å². The van der Waals surface area contributed by atoms with Gasteiger partial charge in [0, 0.05) is 30.2 Å². The van der Waals surface area contributed by atoms with E-state index in [0.29, 0.717) is 29.2 Å². The summed E-state index contributed by atoms with van der Waals surface area (Å²) in [6.45, 7) is 1.41. The molecular weight excluding hydrogens is 527 g/mol. The molecule has 2 fully saturated rings. The molecule has 10 heteroatoms. The average Bonchev–Trinajstić information content (AvgIpc) is 3.30. The van der Waals surface area contributed by atoms with E-state index in [4.69, 9.17) is 24.1 Å². The fraction of sp³-hybridized carbons (Fsp3) is 0.355. The van der Waals surface area contributed by atoms with Crippen LogP contribution in [-0.4, -0.2) is 38.3 Å². The number of carboxylic acids is 1. The number of hydrogen-bond acceptors (Lipinski definition) is 7. The zero-order chi connectivity index (χ0) is 28.1. The van der Waals surface area contributed by atoms with Gasteiger partial charge in [0.25, 0.3) is 0 Å². The minimum Gasteiger partial charge on any atom is -0.475 e. The molecule has 1 saturated heterocycles. The van der Waals surface area contributed by atoms with Crippen LogP contribution in [0.4, 0.5) is 4.39 Å². The highest BCUT2D eigenvalue weighted by atomic mass is 19.1. The van der Waals surface area contributed by atoms with Crippen molar-refractivity contribution in [2.45, 2.75) is 57.3 Å². The number of carbonyl (C=O) groups is 1. The second kappa shape index (κ2) is 9.85. The first-order chi connectivity index (χ1) is 19.9. The Morgan fingerprint density at radius 1 is 1.27 bits per heavy atom. The van der Waals surface area contributed by atoms with E-state index in [0.717, 1.165) is 55.8 Å². The Morgan fingerprint density at radius 3 is 2.85 bits per heavy atom. The van der Waals surface area contributed by atoms with E-state index in [1.54, 1.807) is 24.3 Å². The number of furan rings is 1. The van der Waals surface area contributed by atoms with Crippen molar-refractivity contribution in [1.82, 2.24) is 14.5 Å². The fourth-order valence-corrected chi connectivity index (χ4v) is 6.05. The number of carboxylic acid groups (broad SMARTS) is 1. The van der Waals surface area contributed by atoms with E-state index in [9.17, 15) is 14.3 Å². The summed E-state index contributed by atoms with van der Waals surface area (Å²) in [5, 5.41) is 18.3. The number of imidazole rings is 1. The van der Waals surface area contributed by atoms with Gasteiger partial charge in [-0.2, -0.15) is 10.2 Å². The number of benzene rings is 1. The Labute approximate surface area is 234 Å². The van der Waals surface area contributed by atoms with Crippen LogP contribution < -0.4 is 4.74 Å². The summed E-state index contributed by atoms with van der Waals surface area (Å²) >= 11 is 0. The van der Waals surface area contributed by atoms with Gasteiger partial charge in [0.05, 0.1) is 30.0 Å². The van der Waals surface area contributed by atoms with Crippen LogP contribution in [0.25, 0.3) is 16.8 Å². The third kappa shape index (κ3) is 4.66. The molecule has 3 aromatic heterocycles. The van der Waals surface area contributed by atoms with E-state index in [2.05, 4.69) is 15.6 Å². The lowest BCUT2D eigenvalue weighted by Gasteiger charge is -2.28. The van der Waals surface area contributed by atoms with Gasteiger partial charge in [0.15, 0.2) is 0 Å². The SMILES string of the molecule is N#Cc1ccc(COc2cccc(C3=CCC4(CC3)CC4c3nc4oc(C(=O)O)cc4n3CC3CCO3)n2)c(F)c1. The van der Waals surface area contributed by atoms with Gasteiger partial charge >= 0.3 is 5.97 Å². The number of fused-ring (bicyclic) bond motifs is 1. The van der Waals surface area contributed by atoms with E-state index in [1.165, 1.54) is 6.07 Å². The first-order valence-electron chi connectivity index (χ1n) is 13.7. The zero-order valence-electron chi connectivity index (χ0n) is 22.2. The highest BCUT2D eigenvalue weighted by Gasteiger charge is 2.56. The van der Waals surface area contributed by atoms with Gasteiger partial charge in [-0.3, -0.25) is 0 Å². The topological polar surface area (TPSA) is 123 Å². The van der Waals surface area contributed by atoms with Gasteiger partial charge < -0.3 is 23.6 Å². The first kappa shape index (κ1) is 25.5. The quantitative estimate of drug-likeness (QED) is 0.288. The van der Waals surface area contributed by atoms with Gasteiger partial charge in [-0.25, -0.2) is 14.2 Å². The molecule has 0 bridgehead atoms. The summed E-state index contributed by atoms with van der Waals surface area (Å²) in [6, 6.07) is 13.4. The molecule has 0 radical (unpaired) electrons. The zero-order valence-corrected chi connectivity index (χ0v) is 22.2. The van der Waals surface area contributed by atoms with Crippen molar-refractivity contribution in [2.24, 2.45) is 5.41 Å². The van der Waals surface area contributed by atoms with Crippen LogP contribution in [-0.2, 0) is 17.9 Å². The first-order valence-corrected chi connectivity index (χ1v) is 13.7. The molecule has 1 N–H and O–H groups in total. The van der Waals surface area contributed by atoms with Crippen molar-refractivity contribution < 1.29 is 28.2 Å². The molecule has 3 unspecified atom stereocenters. The molecule has 4 heterocycles. The van der Waals surface area contributed by atoms with E-state index in [1.807, 2.05) is 18.2 Å². The number of pyridine rings is 1. The van der Waals surface area contributed by atoms with Crippen LogP contribution in [0, 0.1) is 22.6 Å². The molecule has 2 aliphatic carbocycles. The van der Waals surface area contributed by atoms with E-state index >= 15 is 0 Å². The van der Waals surface area contributed by atoms with Crippen LogP contribution in [0.1, 0.15) is 71.2 Å². The van der Waals surface area contributed by atoms with Crippen molar-refractivity contribution in [1.29, 1.82) is 5.26 Å². The number of nitrogens with zero attached hydrogens (tertiary/aromatic N) is 4. The number of rotatable bonds is 8. The number of aromatic carboxylic acids is 1. The Kier molecular flexibility index (Phi) is 6.12. The van der Waals surface area contributed by atoms with Crippen LogP contribution in [0.3, 0.4) is 0 Å². The number of allylic oxidation sites excluding steroid dienone is 2. The van der Waals surface area contributed by atoms with Crippen molar-refractivity contribution >= 4 is 22.8 Å². The third-order valence-electron chi connectivity index (χ3n) is 8.63. The lowest BCUT2D eigenvalue weighted by molar-refractivity contribution is -0.0590. The predicted octanol–water partition coefficient (Wildman–Crippen LogP) is 5.84. The Hall–Kier alpha value is -4.49. The summed E-state index contributed by atoms with van der Waals surface area (Å²) in [6.07, 6.45) is 7.10. The molecule has 41 heavy (non-hydrogen) atoms. The minimum absolute atomic E-state index is 0.0210.